The molecule has 1 fully saturated rings. The van der Waals surface area contributed by atoms with Crippen molar-refractivity contribution in [2.24, 2.45) is 11.8 Å². The lowest BCUT2D eigenvalue weighted by Crippen LogP contribution is -2.20. The first-order valence-corrected chi connectivity index (χ1v) is 4.12. The monoisotopic (exact) mass is 140 g/mol. The Bertz CT molecular complexity index is 109. The molecule has 0 radical (unpaired) electrons. The minimum Gasteiger partial charge on any atom is -0.396 e. The Morgan fingerprint density at radius 2 is 2.10 bits per heavy atom. The van der Waals surface area contributed by atoms with Gasteiger partial charge in [0.15, 0.2) is 0 Å². The molecule has 1 aliphatic rings. The van der Waals surface area contributed by atoms with Gasteiger partial charge in [-0.25, -0.2) is 0 Å². The molecule has 0 bridgehead atoms. The molecule has 2 unspecified atom stereocenters. The molecular formula is C9H16O. The van der Waals surface area contributed by atoms with Crippen LogP contribution >= 0.6 is 0 Å². The second kappa shape index (κ2) is 3.77. The summed E-state index contributed by atoms with van der Waals surface area (Å²) < 4.78 is 0. The molecule has 0 aliphatic heterocycles. The van der Waals surface area contributed by atoms with Crippen molar-refractivity contribution in [3.8, 4) is 0 Å². The maximum Gasteiger partial charge on any atom is 0.0464 e. The Morgan fingerprint density at radius 3 is 2.60 bits per heavy atom. The van der Waals surface area contributed by atoms with Gasteiger partial charge in [-0.05, 0) is 24.7 Å². The first-order chi connectivity index (χ1) is 4.88. The van der Waals surface area contributed by atoms with Gasteiger partial charge < -0.3 is 5.11 Å². The molecule has 0 aromatic heterocycles. The molecule has 0 spiro atoms. The van der Waals surface area contributed by atoms with Crippen molar-refractivity contribution in [3.05, 3.63) is 12.7 Å². The molecule has 1 rings (SSSR count). The molecule has 1 saturated carbocycles. The summed E-state index contributed by atoms with van der Waals surface area (Å²) in [5, 5.41) is 8.94. The van der Waals surface area contributed by atoms with E-state index in [-0.39, 0.29) is 0 Å². The zero-order valence-electron chi connectivity index (χ0n) is 6.42. The Labute approximate surface area is 62.8 Å². The number of aliphatic hydroxyl groups excluding tert-OH is 1. The maximum atomic E-state index is 8.94. The summed E-state index contributed by atoms with van der Waals surface area (Å²) in [5.74, 6) is 1.09. The second-order valence-electron chi connectivity index (χ2n) is 3.13. The third-order valence-electron chi connectivity index (χ3n) is 2.51. The highest BCUT2D eigenvalue weighted by Gasteiger charge is 2.21. The number of hydrogen-bond donors (Lipinski definition) is 1. The van der Waals surface area contributed by atoms with Crippen LogP contribution in [0, 0.1) is 11.8 Å². The minimum absolute atomic E-state index is 0.344. The topological polar surface area (TPSA) is 20.2 Å². The van der Waals surface area contributed by atoms with E-state index in [1.807, 2.05) is 6.08 Å². The quantitative estimate of drug-likeness (QED) is 0.581. The van der Waals surface area contributed by atoms with Crippen molar-refractivity contribution in [2.75, 3.05) is 6.61 Å². The van der Waals surface area contributed by atoms with Crippen LogP contribution in [0.25, 0.3) is 0 Å². The summed E-state index contributed by atoms with van der Waals surface area (Å²) in [6.45, 7) is 4.12. The number of aliphatic hydroxyl groups is 1. The smallest absolute Gasteiger partial charge is 0.0464 e. The van der Waals surface area contributed by atoms with Gasteiger partial charge in [-0.1, -0.05) is 18.9 Å². The summed E-state index contributed by atoms with van der Waals surface area (Å²) in [7, 11) is 0. The molecule has 1 nitrogen and oxygen atoms in total. The third kappa shape index (κ3) is 1.60. The standard InChI is InChI=1S/C9H16O/c1-2-8-5-3-4-6-9(8)7-10/h2,8-10H,1,3-7H2. The van der Waals surface area contributed by atoms with Crippen LogP contribution in [0.5, 0.6) is 0 Å². The second-order valence-corrected chi connectivity index (χ2v) is 3.13. The molecule has 1 heteroatoms. The summed E-state index contributed by atoms with van der Waals surface area (Å²) >= 11 is 0. The van der Waals surface area contributed by atoms with Gasteiger partial charge in [0.05, 0.1) is 0 Å². The molecule has 10 heavy (non-hydrogen) atoms. The van der Waals surface area contributed by atoms with Crippen LogP contribution in [0.1, 0.15) is 25.7 Å². The molecular weight excluding hydrogens is 124 g/mol. The van der Waals surface area contributed by atoms with E-state index in [1.54, 1.807) is 0 Å². The van der Waals surface area contributed by atoms with E-state index in [9.17, 15) is 0 Å². The van der Waals surface area contributed by atoms with Gasteiger partial charge in [0, 0.05) is 6.61 Å². The van der Waals surface area contributed by atoms with Crippen molar-refractivity contribution >= 4 is 0 Å². The van der Waals surface area contributed by atoms with E-state index >= 15 is 0 Å². The van der Waals surface area contributed by atoms with Crippen molar-refractivity contribution in [1.29, 1.82) is 0 Å². The largest absolute Gasteiger partial charge is 0.396 e. The van der Waals surface area contributed by atoms with E-state index < -0.39 is 0 Å². The maximum absolute atomic E-state index is 8.94. The minimum atomic E-state index is 0.344. The average Bonchev–Trinajstić information content (AvgIpc) is 2.04. The normalized spacial score (nSPS) is 33.7. The Balaban J connectivity index is 2.41. The van der Waals surface area contributed by atoms with Crippen LogP contribution in [-0.2, 0) is 0 Å². The van der Waals surface area contributed by atoms with Gasteiger partial charge in [0.25, 0.3) is 0 Å². The van der Waals surface area contributed by atoms with Crippen LogP contribution in [0.3, 0.4) is 0 Å². The van der Waals surface area contributed by atoms with E-state index in [2.05, 4.69) is 6.58 Å². The lowest BCUT2D eigenvalue weighted by molar-refractivity contribution is 0.158. The van der Waals surface area contributed by atoms with Crippen molar-refractivity contribution in [2.45, 2.75) is 25.7 Å². The van der Waals surface area contributed by atoms with Crippen LogP contribution in [0.4, 0.5) is 0 Å². The molecule has 0 heterocycles. The van der Waals surface area contributed by atoms with Crippen LogP contribution in [0.15, 0.2) is 12.7 Å². The zero-order valence-corrected chi connectivity index (χ0v) is 6.42. The Kier molecular flexibility index (Phi) is 2.94. The van der Waals surface area contributed by atoms with E-state index in [1.165, 1.54) is 25.7 Å². The Morgan fingerprint density at radius 1 is 1.40 bits per heavy atom. The fourth-order valence-electron chi connectivity index (χ4n) is 1.77. The first kappa shape index (κ1) is 7.80. The van der Waals surface area contributed by atoms with E-state index in [0.29, 0.717) is 18.4 Å². The van der Waals surface area contributed by atoms with Crippen LogP contribution in [0.2, 0.25) is 0 Å². The van der Waals surface area contributed by atoms with Gasteiger partial charge in [0.1, 0.15) is 0 Å². The van der Waals surface area contributed by atoms with Gasteiger partial charge >= 0.3 is 0 Å². The van der Waals surface area contributed by atoms with Gasteiger partial charge in [0.2, 0.25) is 0 Å². The fraction of sp³-hybridized carbons (Fsp3) is 0.778. The highest BCUT2D eigenvalue weighted by atomic mass is 16.3. The van der Waals surface area contributed by atoms with Gasteiger partial charge in [-0.2, -0.15) is 0 Å². The molecule has 0 aromatic carbocycles. The lowest BCUT2D eigenvalue weighted by atomic mass is 9.80. The predicted octanol–water partition coefficient (Wildman–Crippen LogP) is 1.97. The van der Waals surface area contributed by atoms with Gasteiger partial charge in [-0.3, -0.25) is 0 Å². The zero-order chi connectivity index (χ0) is 7.40. The molecule has 0 amide bonds. The Hall–Kier alpha value is -0.300. The molecule has 1 aliphatic carbocycles. The van der Waals surface area contributed by atoms with Crippen molar-refractivity contribution < 1.29 is 5.11 Å². The SMILES string of the molecule is C=CC1CCCCC1CO. The molecule has 0 aromatic rings. The lowest BCUT2D eigenvalue weighted by Gasteiger charge is -2.27. The van der Waals surface area contributed by atoms with E-state index in [0.717, 1.165) is 0 Å². The van der Waals surface area contributed by atoms with Crippen molar-refractivity contribution in [1.82, 2.24) is 0 Å². The van der Waals surface area contributed by atoms with Crippen LogP contribution in [-0.4, -0.2) is 11.7 Å². The summed E-state index contributed by atoms with van der Waals surface area (Å²) in [5.41, 5.74) is 0. The van der Waals surface area contributed by atoms with Crippen molar-refractivity contribution in [3.63, 3.8) is 0 Å². The third-order valence-corrected chi connectivity index (χ3v) is 2.51. The molecule has 58 valence electrons. The molecule has 2 atom stereocenters. The fourth-order valence-corrected chi connectivity index (χ4v) is 1.77. The number of allylic oxidation sites excluding steroid dienone is 1. The average molecular weight is 140 g/mol. The number of rotatable bonds is 2. The van der Waals surface area contributed by atoms with E-state index in [4.69, 9.17) is 5.11 Å². The molecule has 0 saturated heterocycles. The number of hydrogen-bond acceptors (Lipinski definition) is 1. The highest BCUT2D eigenvalue weighted by Crippen LogP contribution is 2.29. The predicted molar refractivity (Wildman–Crippen MR) is 42.7 cm³/mol. The summed E-state index contributed by atoms with van der Waals surface area (Å²) in [6.07, 6.45) is 7.02. The van der Waals surface area contributed by atoms with Gasteiger partial charge in [-0.15, -0.1) is 6.58 Å². The summed E-state index contributed by atoms with van der Waals surface area (Å²) in [6, 6.07) is 0. The first-order valence-electron chi connectivity index (χ1n) is 4.12. The summed E-state index contributed by atoms with van der Waals surface area (Å²) in [4.78, 5) is 0. The van der Waals surface area contributed by atoms with Crippen LogP contribution < -0.4 is 0 Å². The molecule has 1 N–H and O–H groups in total. The highest BCUT2D eigenvalue weighted by molar-refractivity contribution is 4.86.